The molecule has 6 heteroatoms. The first kappa shape index (κ1) is 13.6. The van der Waals surface area contributed by atoms with Crippen LogP contribution in [0.4, 0.5) is 0 Å². The quantitative estimate of drug-likeness (QED) is 0.619. The molecular formula is C13H14N2O3S. The number of hydrogen-bond acceptors (Lipinski definition) is 6. The topological polar surface area (TPSA) is 65.2 Å². The van der Waals surface area contributed by atoms with E-state index in [9.17, 15) is 4.79 Å². The molecule has 0 spiro atoms. The number of carbonyl (C=O) groups excluding carboxylic acids is 1. The summed E-state index contributed by atoms with van der Waals surface area (Å²) in [5, 5.41) is 7.81. The first-order valence-corrected chi connectivity index (χ1v) is 6.86. The van der Waals surface area contributed by atoms with Crippen LogP contribution in [0.2, 0.25) is 0 Å². The van der Waals surface area contributed by atoms with Crippen LogP contribution in [0, 0.1) is 6.92 Å². The highest BCUT2D eigenvalue weighted by atomic mass is 32.2. The fourth-order valence-corrected chi connectivity index (χ4v) is 2.09. The Morgan fingerprint density at radius 1 is 1.32 bits per heavy atom. The molecule has 0 aliphatic rings. The summed E-state index contributed by atoms with van der Waals surface area (Å²) in [6.07, 6.45) is 0. The fraction of sp³-hybridized carbons (Fsp3) is 0.308. The van der Waals surface area contributed by atoms with Crippen LogP contribution in [0.25, 0.3) is 0 Å². The van der Waals surface area contributed by atoms with Gasteiger partial charge in [-0.2, -0.15) is 0 Å². The number of hydrogen-bond donors (Lipinski definition) is 0. The number of nitrogens with zero attached hydrogens (tertiary/aromatic N) is 2. The molecule has 0 radical (unpaired) electrons. The summed E-state index contributed by atoms with van der Waals surface area (Å²) in [6.45, 7) is 4.05. The number of ether oxygens (including phenoxy) is 1. The highest BCUT2D eigenvalue weighted by Gasteiger charge is 2.15. The molecule has 0 fully saturated rings. The first-order chi connectivity index (χ1) is 9.19. The maximum Gasteiger partial charge on any atom is 0.396 e. The Balaban J connectivity index is 1.93. The third-order valence-corrected chi connectivity index (χ3v) is 3.23. The van der Waals surface area contributed by atoms with Crippen LogP contribution in [0.3, 0.4) is 0 Å². The zero-order valence-corrected chi connectivity index (χ0v) is 11.6. The normalized spacial score (nSPS) is 10.4. The Bertz CT molecular complexity index is 551. The van der Waals surface area contributed by atoms with Gasteiger partial charge in [0.2, 0.25) is 0 Å². The van der Waals surface area contributed by atoms with Crippen molar-refractivity contribution in [2.24, 2.45) is 0 Å². The number of carbonyl (C=O) groups is 1. The van der Waals surface area contributed by atoms with E-state index in [1.54, 1.807) is 6.92 Å². The van der Waals surface area contributed by atoms with Gasteiger partial charge in [0.15, 0.2) is 0 Å². The summed E-state index contributed by atoms with van der Waals surface area (Å²) in [4.78, 5) is 11.3. The van der Waals surface area contributed by atoms with Crippen LogP contribution in [-0.2, 0) is 10.5 Å². The molecule has 0 N–H and O–H groups in total. The molecule has 0 bridgehead atoms. The molecule has 100 valence electrons. The third-order valence-electron chi connectivity index (χ3n) is 2.34. The molecule has 0 aliphatic heterocycles. The van der Waals surface area contributed by atoms with E-state index in [2.05, 4.69) is 10.2 Å². The Hall–Kier alpha value is -1.82. The molecule has 0 amide bonds. The first-order valence-electron chi connectivity index (χ1n) is 5.88. The summed E-state index contributed by atoms with van der Waals surface area (Å²) in [5.41, 5.74) is 2.38. The summed E-state index contributed by atoms with van der Waals surface area (Å²) in [7, 11) is 0. The number of thioether (sulfide) groups is 1. The molecule has 5 nitrogen and oxygen atoms in total. The molecule has 0 aliphatic carbocycles. The standard InChI is InChI=1S/C13H14N2O3S/c1-3-17-12(16)11-14-15-13(18-11)19-8-10-6-4-9(2)5-7-10/h4-7H,3,8H2,1-2H3. The van der Waals surface area contributed by atoms with Gasteiger partial charge in [0.05, 0.1) is 6.61 Å². The van der Waals surface area contributed by atoms with E-state index in [0.29, 0.717) is 11.0 Å². The van der Waals surface area contributed by atoms with Gasteiger partial charge in [0.1, 0.15) is 0 Å². The lowest BCUT2D eigenvalue weighted by Crippen LogP contribution is -2.04. The van der Waals surface area contributed by atoms with Crippen molar-refractivity contribution in [3.05, 3.63) is 41.3 Å². The fourth-order valence-electron chi connectivity index (χ4n) is 1.37. The van der Waals surface area contributed by atoms with Crippen LogP contribution in [0.1, 0.15) is 28.7 Å². The minimum atomic E-state index is -0.586. The van der Waals surface area contributed by atoms with E-state index >= 15 is 0 Å². The number of aryl methyl sites for hydroxylation is 1. The van der Waals surface area contributed by atoms with Gasteiger partial charge in [0, 0.05) is 5.75 Å². The summed E-state index contributed by atoms with van der Waals surface area (Å²) >= 11 is 1.39. The Kier molecular flexibility index (Phi) is 4.57. The van der Waals surface area contributed by atoms with Crippen LogP contribution in [-0.4, -0.2) is 22.8 Å². The van der Waals surface area contributed by atoms with Crippen molar-refractivity contribution in [2.45, 2.75) is 24.8 Å². The van der Waals surface area contributed by atoms with Crippen LogP contribution >= 0.6 is 11.8 Å². The number of aromatic nitrogens is 2. The van der Waals surface area contributed by atoms with Gasteiger partial charge >= 0.3 is 11.9 Å². The highest BCUT2D eigenvalue weighted by molar-refractivity contribution is 7.98. The maximum absolute atomic E-state index is 11.3. The summed E-state index contributed by atoms with van der Waals surface area (Å²) < 4.78 is 9.98. The lowest BCUT2D eigenvalue weighted by molar-refractivity contribution is 0.0475. The predicted octanol–water partition coefficient (Wildman–Crippen LogP) is 2.85. The summed E-state index contributed by atoms with van der Waals surface area (Å²) in [6, 6.07) is 8.19. The predicted molar refractivity (Wildman–Crippen MR) is 71.0 cm³/mol. The molecule has 1 aromatic carbocycles. The molecule has 1 aromatic heterocycles. The monoisotopic (exact) mass is 278 g/mol. The van der Waals surface area contributed by atoms with E-state index in [1.165, 1.54) is 17.3 Å². The second kappa shape index (κ2) is 6.38. The van der Waals surface area contributed by atoms with Crippen molar-refractivity contribution in [3.63, 3.8) is 0 Å². The highest BCUT2D eigenvalue weighted by Crippen LogP contribution is 2.21. The smallest absolute Gasteiger partial charge is 0.396 e. The zero-order chi connectivity index (χ0) is 13.7. The van der Waals surface area contributed by atoms with Gasteiger partial charge in [-0.3, -0.25) is 0 Å². The van der Waals surface area contributed by atoms with E-state index in [4.69, 9.17) is 9.15 Å². The number of esters is 1. The minimum Gasteiger partial charge on any atom is -0.459 e. The van der Waals surface area contributed by atoms with Crippen molar-refractivity contribution in [1.82, 2.24) is 10.2 Å². The Morgan fingerprint density at radius 2 is 2.05 bits per heavy atom. The molecule has 0 saturated heterocycles. The van der Waals surface area contributed by atoms with E-state index < -0.39 is 5.97 Å². The lowest BCUT2D eigenvalue weighted by atomic mass is 10.2. The Labute approximate surface area is 115 Å². The van der Waals surface area contributed by atoms with E-state index in [-0.39, 0.29) is 12.5 Å². The van der Waals surface area contributed by atoms with Crippen molar-refractivity contribution < 1.29 is 13.9 Å². The SMILES string of the molecule is CCOC(=O)c1nnc(SCc2ccc(C)cc2)o1. The molecular weight excluding hydrogens is 264 g/mol. The second-order valence-corrected chi connectivity index (χ2v) is 4.79. The molecule has 0 unspecified atom stereocenters. The third kappa shape index (κ3) is 3.82. The van der Waals surface area contributed by atoms with Crippen LogP contribution < -0.4 is 0 Å². The molecule has 0 saturated carbocycles. The Morgan fingerprint density at radius 3 is 2.74 bits per heavy atom. The van der Waals surface area contributed by atoms with Gasteiger partial charge in [-0.05, 0) is 19.4 Å². The second-order valence-electron chi connectivity index (χ2n) is 3.87. The average molecular weight is 278 g/mol. The number of benzene rings is 1. The maximum atomic E-state index is 11.3. The largest absolute Gasteiger partial charge is 0.459 e. The molecule has 19 heavy (non-hydrogen) atoms. The zero-order valence-electron chi connectivity index (χ0n) is 10.8. The van der Waals surface area contributed by atoms with Gasteiger partial charge in [0.25, 0.3) is 5.22 Å². The molecule has 2 aromatic rings. The molecule has 0 atom stereocenters. The van der Waals surface area contributed by atoms with Crippen molar-refractivity contribution in [1.29, 1.82) is 0 Å². The van der Waals surface area contributed by atoms with Crippen LogP contribution in [0.5, 0.6) is 0 Å². The van der Waals surface area contributed by atoms with Gasteiger partial charge in [-0.1, -0.05) is 46.7 Å². The van der Waals surface area contributed by atoms with Gasteiger partial charge in [-0.25, -0.2) is 4.79 Å². The van der Waals surface area contributed by atoms with Crippen molar-refractivity contribution in [3.8, 4) is 0 Å². The molecule has 2 rings (SSSR count). The average Bonchev–Trinajstić information content (AvgIpc) is 2.87. The lowest BCUT2D eigenvalue weighted by Gasteiger charge is -1.98. The summed E-state index contributed by atoms with van der Waals surface area (Å²) in [5.74, 6) is 0.0236. The molecule has 1 heterocycles. The van der Waals surface area contributed by atoms with Gasteiger partial charge in [-0.15, -0.1) is 5.10 Å². The van der Waals surface area contributed by atoms with Gasteiger partial charge < -0.3 is 9.15 Å². The van der Waals surface area contributed by atoms with Crippen molar-refractivity contribution >= 4 is 17.7 Å². The van der Waals surface area contributed by atoms with Crippen molar-refractivity contribution in [2.75, 3.05) is 6.61 Å². The van der Waals surface area contributed by atoms with Crippen LogP contribution in [0.15, 0.2) is 33.9 Å². The van der Waals surface area contributed by atoms with E-state index in [1.807, 2.05) is 31.2 Å². The minimum absolute atomic E-state index is 0.103. The number of rotatable bonds is 5. The van der Waals surface area contributed by atoms with E-state index in [0.717, 1.165) is 5.56 Å².